The van der Waals surface area contributed by atoms with E-state index in [1.165, 1.54) is 0 Å². The Bertz CT molecular complexity index is 636. The van der Waals surface area contributed by atoms with Crippen molar-refractivity contribution in [3.63, 3.8) is 0 Å². The maximum absolute atomic E-state index is 4.39. The van der Waals surface area contributed by atoms with Crippen LogP contribution >= 0.6 is 79.6 Å². The van der Waals surface area contributed by atoms with Crippen LogP contribution in [0.5, 0.6) is 0 Å². The Morgan fingerprint density at radius 1 is 0.950 bits per heavy atom. The van der Waals surface area contributed by atoms with Crippen LogP contribution in [0.15, 0.2) is 34.9 Å². The van der Waals surface area contributed by atoms with E-state index in [1.54, 1.807) is 0 Å². The van der Waals surface area contributed by atoms with Crippen LogP contribution in [-0.4, -0.2) is 24.5 Å². The van der Waals surface area contributed by atoms with Gasteiger partial charge in [-0.1, -0.05) is 69.8 Å². The van der Waals surface area contributed by atoms with Crippen LogP contribution in [0.2, 0.25) is 0 Å². The van der Waals surface area contributed by atoms with Crippen LogP contribution in [-0.2, 0) is 0 Å². The minimum absolute atomic E-state index is 0.196. The van der Waals surface area contributed by atoms with Gasteiger partial charge < -0.3 is 4.90 Å². The second kappa shape index (κ2) is 6.14. The minimum Gasteiger partial charge on any atom is -0.343 e. The normalized spacial score (nSPS) is 30.1. The molecule has 0 saturated carbocycles. The van der Waals surface area contributed by atoms with E-state index in [-0.39, 0.29) is 9.90 Å². The van der Waals surface area contributed by atoms with Gasteiger partial charge in [-0.3, -0.25) is 4.98 Å². The molecule has 3 rings (SSSR count). The number of alkyl halides is 4. The van der Waals surface area contributed by atoms with Gasteiger partial charge in [0, 0.05) is 11.6 Å². The van der Waals surface area contributed by atoms with E-state index in [4.69, 9.17) is 0 Å². The monoisotopic (exact) mass is 588 g/mol. The molecule has 0 amide bonds. The number of nitrogens with zero attached hydrogens (tertiary/aromatic N) is 2. The summed E-state index contributed by atoms with van der Waals surface area (Å²) in [6.07, 6.45) is 1.81. The molecular formula is C13H9Br5N2. The summed E-state index contributed by atoms with van der Waals surface area (Å²) in [4.78, 5) is 7.70. The van der Waals surface area contributed by atoms with E-state index in [9.17, 15) is 0 Å². The van der Waals surface area contributed by atoms with E-state index in [1.807, 2.05) is 12.3 Å². The standard InChI is InChI=1S/C13H9Br5N2/c14-9-6-2-1-5-19-7(6)3-4-8(9)20-12(17)10(15)11(16)13(20)18/h1-5,10-13H. The number of hydrogen-bond acceptors (Lipinski definition) is 2. The topological polar surface area (TPSA) is 16.1 Å². The first-order valence-corrected chi connectivity index (χ1v) is 10.4. The lowest BCUT2D eigenvalue weighted by Gasteiger charge is -2.28. The van der Waals surface area contributed by atoms with Crippen molar-refractivity contribution in [2.75, 3.05) is 4.90 Å². The smallest absolute Gasteiger partial charge is 0.0994 e. The first-order valence-electron chi connectivity index (χ1n) is 5.90. The molecule has 20 heavy (non-hydrogen) atoms. The first kappa shape index (κ1) is 15.7. The largest absolute Gasteiger partial charge is 0.343 e. The van der Waals surface area contributed by atoms with Crippen LogP contribution in [0.4, 0.5) is 5.69 Å². The molecule has 7 heteroatoms. The number of hydrogen-bond donors (Lipinski definition) is 0. The van der Waals surface area contributed by atoms with Crippen LogP contribution in [0.3, 0.4) is 0 Å². The molecule has 1 aliphatic rings. The Morgan fingerprint density at radius 2 is 1.60 bits per heavy atom. The summed E-state index contributed by atoms with van der Waals surface area (Å²) in [5.74, 6) is 0. The molecule has 0 bridgehead atoms. The molecule has 106 valence electrons. The second-order valence-corrected chi connectivity index (χ2v) is 9.29. The Morgan fingerprint density at radius 3 is 2.25 bits per heavy atom. The minimum atomic E-state index is 0.196. The molecule has 4 unspecified atom stereocenters. The van der Waals surface area contributed by atoms with Crippen molar-refractivity contribution in [1.82, 2.24) is 4.98 Å². The average molecular weight is 593 g/mol. The third-order valence-electron chi connectivity index (χ3n) is 3.34. The Labute approximate surface area is 159 Å². The van der Waals surface area contributed by atoms with Gasteiger partial charge in [0.2, 0.25) is 0 Å². The Hall–Kier alpha value is 0.830. The predicted molar refractivity (Wildman–Crippen MR) is 103 cm³/mol. The molecule has 4 atom stereocenters. The van der Waals surface area contributed by atoms with Crippen molar-refractivity contribution in [2.24, 2.45) is 0 Å². The van der Waals surface area contributed by atoms with Gasteiger partial charge >= 0.3 is 0 Å². The van der Waals surface area contributed by atoms with E-state index in [2.05, 4.69) is 108 Å². The van der Waals surface area contributed by atoms with Crippen molar-refractivity contribution in [2.45, 2.75) is 19.6 Å². The van der Waals surface area contributed by atoms with Crippen molar-refractivity contribution in [3.8, 4) is 0 Å². The van der Waals surface area contributed by atoms with Gasteiger partial charge in [0.1, 0.15) is 0 Å². The van der Waals surface area contributed by atoms with Crippen molar-refractivity contribution in [1.29, 1.82) is 0 Å². The molecule has 1 aromatic carbocycles. The van der Waals surface area contributed by atoms with Gasteiger partial charge in [-0.15, -0.1) is 0 Å². The molecule has 1 fully saturated rings. The van der Waals surface area contributed by atoms with Gasteiger partial charge in [-0.05, 0) is 34.1 Å². The van der Waals surface area contributed by atoms with Crippen molar-refractivity contribution < 1.29 is 0 Å². The summed E-state index contributed by atoms with van der Waals surface area (Å²) in [7, 11) is 0. The van der Waals surface area contributed by atoms with Gasteiger partial charge in [0.25, 0.3) is 0 Å². The molecule has 2 heterocycles. The first-order chi connectivity index (χ1) is 9.52. The summed E-state index contributed by atoms with van der Waals surface area (Å²) in [6, 6.07) is 8.20. The molecule has 0 spiro atoms. The van der Waals surface area contributed by atoms with E-state index in [0.29, 0.717) is 9.65 Å². The highest BCUT2D eigenvalue weighted by Crippen LogP contribution is 2.46. The summed E-state index contributed by atoms with van der Waals surface area (Å²) >= 11 is 18.7. The molecule has 1 aromatic heterocycles. The number of benzene rings is 1. The quantitative estimate of drug-likeness (QED) is 0.308. The molecule has 1 saturated heterocycles. The number of anilines is 1. The predicted octanol–water partition coefficient (Wildman–Crippen LogP) is 5.79. The molecule has 2 aromatic rings. The maximum Gasteiger partial charge on any atom is 0.0994 e. The molecule has 0 radical (unpaired) electrons. The lowest BCUT2D eigenvalue weighted by Crippen LogP contribution is -2.31. The molecule has 0 aliphatic carbocycles. The van der Waals surface area contributed by atoms with Gasteiger partial charge in [0.05, 0.1) is 35.2 Å². The lowest BCUT2D eigenvalue weighted by atomic mass is 10.2. The van der Waals surface area contributed by atoms with Crippen LogP contribution in [0.1, 0.15) is 0 Å². The third-order valence-corrected chi connectivity index (χ3v) is 10.5. The summed E-state index contributed by atoms with van der Waals surface area (Å²) < 4.78 is 1.07. The fraction of sp³-hybridized carbons (Fsp3) is 0.308. The second-order valence-electron chi connectivity index (χ2n) is 4.51. The molecule has 2 nitrogen and oxygen atoms in total. The van der Waals surface area contributed by atoms with E-state index < -0.39 is 0 Å². The zero-order chi connectivity index (χ0) is 14.4. The number of fused-ring (bicyclic) bond motifs is 1. The highest BCUT2D eigenvalue weighted by molar-refractivity contribution is 9.14. The maximum atomic E-state index is 4.39. The summed E-state index contributed by atoms with van der Waals surface area (Å²) in [6.45, 7) is 0. The number of halogens is 5. The SMILES string of the molecule is Brc1c(N2C(Br)C(Br)C(Br)C2Br)ccc2ncccc12. The van der Waals surface area contributed by atoms with Crippen LogP contribution in [0.25, 0.3) is 10.9 Å². The van der Waals surface area contributed by atoms with E-state index in [0.717, 1.165) is 21.1 Å². The molecule has 0 N–H and O–H groups in total. The number of rotatable bonds is 1. The number of aromatic nitrogens is 1. The Kier molecular flexibility index (Phi) is 4.83. The zero-order valence-electron chi connectivity index (χ0n) is 9.98. The van der Waals surface area contributed by atoms with Gasteiger partial charge in [0.15, 0.2) is 0 Å². The summed E-state index contributed by atoms with van der Waals surface area (Å²) in [5, 5.41) is 1.12. The van der Waals surface area contributed by atoms with Gasteiger partial charge in [-0.2, -0.15) is 0 Å². The van der Waals surface area contributed by atoms with Gasteiger partial charge in [-0.25, -0.2) is 0 Å². The average Bonchev–Trinajstić information content (AvgIpc) is 2.65. The van der Waals surface area contributed by atoms with Crippen LogP contribution in [0, 0.1) is 0 Å². The fourth-order valence-electron chi connectivity index (χ4n) is 2.32. The molecule has 1 aliphatic heterocycles. The lowest BCUT2D eigenvalue weighted by molar-refractivity contribution is 0.910. The Balaban J connectivity index is 2.13. The van der Waals surface area contributed by atoms with E-state index >= 15 is 0 Å². The van der Waals surface area contributed by atoms with Crippen molar-refractivity contribution in [3.05, 3.63) is 34.9 Å². The highest BCUT2D eigenvalue weighted by atomic mass is 79.9. The fourth-order valence-corrected chi connectivity index (χ4v) is 6.82. The highest BCUT2D eigenvalue weighted by Gasteiger charge is 2.45. The molecular weight excluding hydrogens is 584 g/mol. The summed E-state index contributed by atoms with van der Waals surface area (Å²) in [5.41, 5.74) is 2.13. The number of pyridine rings is 1. The van der Waals surface area contributed by atoms with Crippen LogP contribution < -0.4 is 4.90 Å². The van der Waals surface area contributed by atoms with Crippen molar-refractivity contribution >= 4 is 96.2 Å². The third kappa shape index (κ3) is 2.51. The zero-order valence-corrected chi connectivity index (χ0v) is 17.9.